The Morgan fingerprint density at radius 3 is 2.76 bits per heavy atom. The molecular formula is C18H11N3. The third-order valence-corrected chi connectivity index (χ3v) is 4.07. The number of fused-ring (bicyclic) bond motifs is 6. The van der Waals surface area contributed by atoms with Gasteiger partial charge in [0.15, 0.2) is 0 Å². The third-order valence-electron chi connectivity index (χ3n) is 4.07. The van der Waals surface area contributed by atoms with Crippen molar-refractivity contribution in [1.82, 2.24) is 15.0 Å². The van der Waals surface area contributed by atoms with Crippen LogP contribution in [-0.4, -0.2) is 15.0 Å². The number of nitrogens with one attached hydrogen (secondary N) is 1. The molecule has 21 heavy (non-hydrogen) atoms. The molecule has 1 N–H and O–H groups in total. The van der Waals surface area contributed by atoms with Crippen LogP contribution in [0.15, 0.2) is 60.9 Å². The van der Waals surface area contributed by atoms with Gasteiger partial charge in [0.1, 0.15) is 0 Å². The van der Waals surface area contributed by atoms with Crippen molar-refractivity contribution >= 4 is 43.6 Å². The van der Waals surface area contributed by atoms with Gasteiger partial charge in [-0.2, -0.15) is 0 Å². The van der Waals surface area contributed by atoms with E-state index in [1.54, 1.807) is 0 Å². The first-order valence-corrected chi connectivity index (χ1v) is 6.94. The molecule has 3 aromatic heterocycles. The van der Waals surface area contributed by atoms with E-state index in [1.807, 2.05) is 30.6 Å². The normalized spacial score (nSPS) is 11.8. The maximum atomic E-state index is 4.86. The lowest BCUT2D eigenvalue weighted by Crippen LogP contribution is -1.83. The second kappa shape index (κ2) is 3.79. The predicted molar refractivity (Wildman–Crippen MR) is 86.4 cm³/mol. The van der Waals surface area contributed by atoms with E-state index < -0.39 is 0 Å². The van der Waals surface area contributed by atoms with Crippen LogP contribution < -0.4 is 0 Å². The summed E-state index contributed by atoms with van der Waals surface area (Å²) in [5.41, 5.74) is 4.23. The fraction of sp³-hybridized carbons (Fsp3) is 0. The molecule has 0 aliphatic heterocycles. The molecule has 0 amide bonds. The Balaban J connectivity index is 2.04. The number of pyridine rings is 2. The van der Waals surface area contributed by atoms with Crippen LogP contribution in [0, 0.1) is 0 Å². The molecule has 0 unspecified atom stereocenters. The van der Waals surface area contributed by atoms with Crippen LogP contribution in [-0.2, 0) is 0 Å². The van der Waals surface area contributed by atoms with Crippen molar-refractivity contribution < 1.29 is 0 Å². The number of benzene rings is 2. The minimum Gasteiger partial charge on any atom is -0.353 e. The van der Waals surface area contributed by atoms with Gasteiger partial charge in [-0.3, -0.25) is 4.98 Å². The molecule has 2 aromatic carbocycles. The molecule has 3 nitrogen and oxygen atoms in total. The fourth-order valence-electron chi connectivity index (χ4n) is 3.06. The minimum atomic E-state index is 1.01. The van der Waals surface area contributed by atoms with Gasteiger partial charge in [-0.05, 0) is 29.7 Å². The van der Waals surface area contributed by atoms with Crippen molar-refractivity contribution in [2.24, 2.45) is 0 Å². The van der Waals surface area contributed by atoms with Crippen molar-refractivity contribution in [2.75, 3.05) is 0 Å². The molecule has 0 aliphatic rings. The maximum Gasteiger partial charge on any atom is 0.0965 e. The van der Waals surface area contributed by atoms with E-state index >= 15 is 0 Å². The standard InChI is InChI=1S/C18H11N3/c1-2-4-15-12(3-1)18-17(20-15)9-13-14-10-19-8-7-11(14)5-6-16(13)21-18/h1-10,20H. The first kappa shape index (κ1) is 10.8. The number of aromatic nitrogens is 3. The Bertz CT molecular complexity index is 1140. The Labute approximate surface area is 120 Å². The first-order valence-electron chi connectivity index (χ1n) is 6.94. The second-order valence-corrected chi connectivity index (χ2v) is 5.28. The van der Waals surface area contributed by atoms with Crippen molar-refractivity contribution in [1.29, 1.82) is 0 Å². The van der Waals surface area contributed by atoms with Crippen LogP contribution in [0.5, 0.6) is 0 Å². The lowest BCUT2D eigenvalue weighted by molar-refractivity contribution is 1.37. The van der Waals surface area contributed by atoms with Gasteiger partial charge in [-0.15, -0.1) is 0 Å². The summed E-state index contributed by atoms with van der Waals surface area (Å²) in [5.74, 6) is 0. The molecule has 3 heteroatoms. The van der Waals surface area contributed by atoms with Gasteiger partial charge in [0, 0.05) is 34.1 Å². The van der Waals surface area contributed by atoms with E-state index in [0.29, 0.717) is 0 Å². The van der Waals surface area contributed by atoms with Crippen LogP contribution in [0.4, 0.5) is 0 Å². The van der Waals surface area contributed by atoms with Crippen LogP contribution >= 0.6 is 0 Å². The zero-order chi connectivity index (χ0) is 13.8. The van der Waals surface area contributed by atoms with Gasteiger partial charge in [-0.1, -0.05) is 24.3 Å². The smallest absolute Gasteiger partial charge is 0.0965 e. The molecule has 0 bridgehead atoms. The lowest BCUT2D eigenvalue weighted by atomic mass is 10.1. The van der Waals surface area contributed by atoms with Gasteiger partial charge < -0.3 is 4.98 Å². The van der Waals surface area contributed by atoms with E-state index in [9.17, 15) is 0 Å². The topological polar surface area (TPSA) is 41.6 Å². The Morgan fingerprint density at radius 1 is 0.810 bits per heavy atom. The summed E-state index contributed by atoms with van der Waals surface area (Å²) in [7, 11) is 0. The summed E-state index contributed by atoms with van der Waals surface area (Å²) >= 11 is 0. The molecule has 0 radical (unpaired) electrons. The summed E-state index contributed by atoms with van der Waals surface area (Å²) in [6, 6.07) is 16.7. The molecule has 3 heterocycles. The fourth-order valence-corrected chi connectivity index (χ4v) is 3.06. The predicted octanol–water partition coefficient (Wildman–Crippen LogP) is 4.42. The highest BCUT2D eigenvalue weighted by molar-refractivity contribution is 6.13. The first-order chi connectivity index (χ1) is 10.4. The Morgan fingerprint density at radius 2 is 1.76 bits per heavy atom. The molecule has 98 valence electrons. The maximum absolute atomic E-state index is 4.86. The van der Waals surface area contributed by atoms with E-state index in [4.69, 9.17) is 4.98 Å². The van der Waals surface area contributed by atoms with Crippen molar-refractivity contribution in [3.8, 4) is 0 Å². The van der Waals surface area contributed by atoms with E-state index in [-0.39, 0.29) is 0 Å². The number of para-hydroxylation sites is 1. The average Bonchev–Trinajstić information content (AvgIpc) is 2.90. The Hall–Kier alpha value is -2.94. The molecule has 0 spiro atoms. The number of hydrogen-bond acceptors (Lipinski definition) is 2. The zero-order valence-electron chi connectivity index (χ0n) is 11.2. The lowest BCUT2D eigenvalue weighted by Gasteiger charge is -2.03. The van der Waals surface area contributed by atoms with E-state index in [1.165, 1.54) is 10.8 Å². The molecular weight excluding hydrogens is 258 g/mol. The number of hydrogen-bond donors (Lipinski definition) is 1. The van der Waals surface area contributed by atoms with Crippen LogP contribution in [0.25, 0.3) is 43.6 Å². The summed E-state index contributed by atoms with van der Waals surface area (Å²) in [5, 5.41) is 4.64. The Kier molecular flexibility index (Phi) is 1.95. The largest absolute Gasteiger partial charge is 0.353 e. The van der Waals surface area contributed by atoms with Crippen molar-refractivity contribution in [3.63, 3.8) is 0 Å². The number of aromatic amines is 1. The van der Waals surface area contributed by atoms with Gasteiger partial charge in [0.25, 0.3) is 0 Å². The molecule has 0 atom stereocenters. The summed E-state index contributed by atoms with van der Waals surface area (Å²) in [6.07, 6.45) is 3.73. The monoisotopic (exact) mass is 269 g/mol. The van der Waals surface area contributed by atoms with Gasteiger partial charge in [-0.25, -0.2) is 4.98 Å². The molecule has 0 saturated carbocycles. The quantitative estimate of drug-likeness (QED) is 0.423. The van der Waals surface area contributed by atoms with E-state index in [2.05, 4.69) is 40.3 Å². The molecule has 0 saturated heterocycles. The van der Waals surface area contributed by atoms with Gasteiger partial charge in [0.05, 0.1) is 16.6 Å². The van der Waals surface area contributed by atoms with Crippen LogP contribution in [0.2, 0.25) is 0 Å². The van der Waals surface area contributed by atoms with Crippen LogP contribution in [0.1, 0.15) is 0 Å². The molecule has 5 rings (SSSR count). The molecule has 0 fully saturated rings. The molecule has 0 aliphatic carbocycles. The summed E-state index contributed by atoms with van der Waals surface area (Å²) < 4.78 is 0. The third kappa shape index (κ3) is 1.43. The highest BCUT2D eigenvalue weighted by Crippen LogP contribution is 2.30. The van der Waals surface area contributed by atoms with Crippen molar-refractivity contribution in [2.45, 2.75) is 0 Å². The van der Waals surface area contributed by atoms with Gasteiger partial charge in [0.2, 0.25) is 0 Å². The SMILES string of the molecule is c1ccc2c(c1)[nH]c1cc3c(ccc4ccncc43)nc12. The van der Waals surface area contributed by atoms with E-state index in [0.717, 1.165) is 32.8 Å². The zero-order valence-corrected chi connectivity index (χ0v) is 11.2. The number of rotatable bonds is 0. The summed E-state index contributed by atoms with van der Waals surface area (Å²) in [4.78, 5) is 12.6. The number of H-pyrrole nitrogens is 1. The second-order valence-electron chi connectivity index (χ2n) is 5.28. The summed E-state index contributed by atoms with van der Waals surface area (Å²) in [6.45, 7) is 0. The highest BCUT2D eigenvalue weighted by Gasteiger charge is 2.08. The number of nitrogens with zero attached hydrogens (tertiary/aromatic N) is 2. The highest BCUT2D eigenvalue weighted by atomic mass is 14.8. The average molecular weight is 269 g/mol. The van der Waals surface area contributed by atoms with Crippen molar-refractivity contribution in [3.05, 3.63) is 60.9 Å². The van der Waals surface area contributed by atoms with Gasteiger partial charge >= 0.3 is 0 Å². The van der Waals surface area contributed by atoms with Crippen LogP contribution in [0.3, 0.4) is 0 Å². The minimum absolute atomic E-state index is 1.01. The molecule has 5 aromatic rings.